The Morgan fingerprint density at radius 2 is 1.48 bits per heavy atom. The van der Waals surface area contributed by atoms with Crippen LogP contribution in [-0.4, -0.2) is 163 Å². The minimum Gasteiger partial charge on any atom is -0.412 e. The summed E-state index contributed by atoms with van der Waals surface area (Å²) < 4.78 is 23.2. The molecular formula is C27H49NO14. The minimum absolute atomic E-state index is 0. The maximum atomic E-state index is 10.9. The van der Waals surface area contributed by atoms with Gasteiger partial charge in [-0.15, -0.1) is 0 Å². The smallest absolute Gasteiger partial charge is 0.184 e. The van der Waals surface area contributed by atoms with Crippen molar-refractivity contribution in [3.05, 3.63) is 11.6 Å². The predicted octanol–water partition coefficient (Wildman–Crippen LogP) is -4.57. The highest BCUT2D eigenvalue weighted by Gasteiger charge is 2.48. The van der Waals surface area contributed by atoms with E-state index in [4.69, 9.17) is 18.9 Å². The van der Waals surface area contributed by atoms with E-state index in [0.717, 1.165) is 0 Å². The van der Waals surface area contributed by atoms with Crippen molar-refractivity contribution in [2.45, 2.75) is 131 Å². The van der Waals surface area contributed by atoms with Gasteiger partial charge in [-0.2, -0.15) is 0 Å². The van der Waals surface area contributed by atoms with E-state index in [1.165, 1.54) is 0 Å². The fourth-order valence-corrected chi connectivity index (χ4v) is 6.37. The fourth-order valence-electron chi connectivity index (χ4n) is 6.37. The van der Waals surface area contributed by atoms with E-state index in [1.807, 2.05) is 6.92 Å². The van der Waals surface area contributed by atoms with Crippen molar-refractivity contribution in [3.63, 3.8) is 0 Å². The molecule has 15 heteroatoms. The van der Waals surface area contributed by atoms with Crippen LogP contribution in [0.4, 0.5) is 0 Å². The molecule has 1 saturated carbocycles. The maximum Gasteiger partial charge on any atom is 0.184 e. The number of aliphatic hydroxyl groups is 9. The third-order valence-corrected chi connectivity index (χ3v) is 8.91. The Morgan fingerprint density at radius 3 is 2.12 bits per heavy atom. The van der Waals surface area contributed by atoms with Crippen LogP contribution < -0.4 is 5.32 Å². The van der Waals surface area contributed by atoms with E-state index in [1.54, 1.807) is 13.0 Å². The molecule has 0 bridgehead atoms. The Hall–Kier alpha value is -0.860. The van der Waals surface area contributed by atoms with Crippen LogP contribution in [0, 0.1) is 5.92 Å². The SMILES string of the molecule is CC1CC(OC2CC(O)C(OC3C(CO)OC(C)C(O)C3O)OC2CO)C(O)CC1NC1C=C(CO)CC(O)C1O.O. The van der Waals surface area contributed by atoms with E-state index in [0.29, 0.717) is 12.0 Å². The lowest BCUT2D eigenvalue weighted by molar-refractivity contribution is -0.331. The molecule has 0 aromatic rings. The van der Waals surface area contributed by atoms with Gasteiger partial charge in [0.1, 0.15) is 36.6 Å². The summed E-state index contributed by atoms with van der Waals surface area (Å²) in [5.74, 6) is -0.0178. The lowest BCUT2D eigenvalue weighted by Gasteiger charge is -2.46. The lowest BCUT2D eigenvalue weighted by Crippen LogP contribution is -2.62. The first-order valence-electron chi connectivity index (χ1n) is 14.5. The molecule has 2 aliphatic heterocycles. The Kier molecular flexibility index (Phi) is 13.1. The van der Waals surface area contributed by atoms with Gasteiger partial charge in [0.2, 0.25) is 0 Å². The summed E-state index contributed by atoms with van der Waals surface area (Å²) in [4.78, 5) is 0. The first-order valence-corrected chi connectivity index (χ1v) is 14.5. The van der Waals surface area contributed by atoms with E-state index in [9.17, 15) is 46.0 Å². The summed E-state index contributed by atoms with van der Waals surface area (Å²) in [5, 5.41) is 95.5. The van der Waals surface area contributed by atoms with Crippen LogP contribution in [0.2, 0.25) is 0 Å². The molecule has 3 fully saturated rings. The van der Waals surface area contributed by atoms with Crippen LogP contribution in [0.1, 0.15) is 39.5 Å². The van der Waals surface area contributed by atoms with E-state index in [2.05, 4.69) is 5.32 Å². The molecule has 16 unspecified atom stereocenters. The topological polar surface area (TPSA) is 263 Å². The molecule has 12 N–H and O–H groups in total. The third-order valence-electron chi connectivity index (χ3n) is 8.91. The van der Waals surface area contributed by atoms with Crippen molar-refractivity contribution >= 4 is 0 Å². The average molecular weight is 612 g/mol. The second-order valence-corrected chi connectivity index (χ2v) is 11.9. The summed E-state index contributed by atoms with van der Waals surface area (Å²) in [5.41, 5.74) is 0.627. The van der Waals surface area contributed by atoms with Crippen LogP contribution in [0.15, 0.2) is 11.6 Å². The number of aliphatic hydroxyl groups excluding tert-OH is 9. The second-order valence-electron chi connectivity index (χ2n) is 11.9. The summed E-state index contributed by atoms with van der Waals surface area (Å²) in [6.45, 7) is 2.32. The standard InChI is InChI=1S/C27H47NO13.H2O/c1-11-3-19(16(32)6-14(11)28-15-4-13(8-29)5-17(33)24(15)36)39-20-7-18(34)27(40-21(20)9-30)41-26-22(10-31)38-12(2)23(35)25(26)37;/h4,11-12,14-37H,3,5-10H2,1-2H3;1H2. The van der Waals surface area contributed by atoms with E-state index >= 15 is 0 Å². The van der Waals surface area contributed by atoms with Gasteiger partial charge >= 0.3 is 0 Å². The van der Waals surface area contributed by atoms with Gasteiger partial charge in [0.25, 0.3) is 0 Å². The fraction of sp³-hybridized carbons (Fsp3) is 0.926. The van der Waals surface area contributed by atoms with Gasteiger partial charge in [-0.3, -0.25) is 0 Å². The largest absolute Gasteiger partial charge is 0.412 e. The van der Waals surface area contributed by atoms with Crippen LogP contribution in [0.25, 0.3) is 0 Å². The number of hydrogen-bond donors (Lipinski definition) is 10. The van der Waals surface area contributed by atoms with Crippen molar-refractivity contribution < 1.29 is 70.4 Å². The third kappa shape index (κ3) is 7.85. The molecule has 2 saturated heterocycles. The van der Waals surface area contributed by atoms with E-state index < -0.39 is 98.8 Å². The molecule has 0 aromatic carbocycles. The highest BCUT2D eigenvalue weighted by Crippen LogP contribution is 2.34. The van der Waals surface area contributed by atoms with Crippen LogP contribution >= 0.6 is 0 Å². The number of hydrogen-bond acceptors (Lipinski definition) is 14. The Balaban J connectivity index is 0.00000484. The Bertz CT molecular complexity index is 865. The van der Waals surface area contributed by atoms with Gasteiger partial charge in [-0.05, 0) is 37.7 Å². The normalized spacial score (nSPS) is 48.3. The molecule has 0 aromatic heterocycles. The van der Waals surface area contributed by atoms with Gasteiger partial charge in [0, 0.05) is 12.5 Å². The quantitative estimate of drug-likeness (QED) is 0.110. The molecule has 15 nitrogen and oxygen atoms in total. The van der Waals surface area contributed by atoms with Crippen molar-refractivity contribution in [1.82, 2.24) is 5.32 Å². The average Bonchev–Trinajstić information content (AvgIpc) is 2.94. The molecule has 0 amide bonds. The minimum atomic E-state index is -1.41. The van der Waals surface area contributed by atoms with Crippen molar-refractivity contribution in [2.75, 3.05) is 19.8 Å². The van der Waals surface area contributed by atoms with Crippen LogP contribution in [0.5, 0.6) is 0 Å². The van der Waals surface area contributed by atoms with Gasteiger partial charge in [-0.1, -0.05) is 13.0 Å². The molecule has 246 valence electrons. The van der Waals surface area contributed by atoms with Gasteiger partial charge in [0.15, 0.2) is 6.29 Å². The highest BCUT2D eigenvalue weighted by atomic mass is 16.7. The first-order chi connectivity index (χ1) is 19.5. The zero-order chi connectivity index (χ0) is 30.0. The summed E-state index contributed by atoms with van der Waals surface area (Å²) >= 11 is 0. The lowest BCUT2D eigenvalue weighted by atomic mass is 9.80. The van der Waals surface area contributed by atoms with Gasteiger partial charge < -0.3 is 75.7 Å². The molecule has 2 heterocycles. The Labute approximate surface area is 244 Å². The molecule has 42 heavy (non-hydrogen) atoms. The number of nitrogens with one attached hydrogen (secondary N) is 1. The van der Waals surface area contributed by atoms with Crippen molar-refractivity contribution in [1.29, 1.82) is 0 Å². The molecule has 4 aliphatic rings. The van der Waals surface area contributed by atoms with Crippen molar-refractivity contribution in [3.8, 4) is 0 Å². The summed E-state index contributed by atoms with van der Waals surface area (Å²) in [6, 6.07) is -0.800. The molecule has 0 radical (unpaired) electrons. The molecule has 0 spiro atoms. The van der Waals surface area contributed by atoms with Crippen LogP contribution in [0.3, 0.4) is 0 Å². The first kappa shape index (κ1) is 35.6. The zero-order valence-corrected chi connectivity index (χ0v) is 23.9. The van der Waals surface area contributed by atoms with Gasteiger partial charge in [0.05, 0.1) is 62.5 Å². The summed E-state index contributed by atoms with van der Waals surface area (Å²) in [7, 11) is 0. The number of rotatable bonds is 9. The molecule has 2 aliphatic carbocycles. The van der Waals surface area contributed by atoms with Crippen molar-refractivity contribution in [2.24, 2.45) is 5.92 Å². The zero-order valence-electron chi connectivity index (χ0n) is 23.9. The van der Waals surface area contributed by atoms with Crippen LogP contribution in [-0.2, 0) is 18.9 Å². The molecule has 4 rings (SSSR count). The number of ether oxygens (including phenoxy) is 4. The molecule has 16 atom stereocenters. The highest BCUT2D eigenvalue weighted by molar-refractivity contribution is 5.17. The maximum absolute atomic E-state index is 10.9. The Morgan fingerprint density at radius 1 is 0.786 bits per heavy atom. The molecular weight excluding hydrogens is 562 g/mol. The predicted molar refractivity (Wildman–Crippen MR) is 144 cm³/mol. The second kappa shape index (κ2) is 15.4. The van der Waals surface area contributed by atoms with Gasteiger partial charge in [-0.25, -0.2) is 0 Å². The monoisotopic (exact) mass is 611 g/mol. The summed E-state index contributed by atoms with van der Waals surface area (Å²) in [6.07, 6.45) is -10.9. The van der Waals surface area contributed by atoms with E-state index in [-0.39, 0.29) is 43.3 Å².